The van der Waals surface area contributed by atoms with Crippen LogP contribution in [0.1, 0.15) is 36.6 Å². The second-order valence-corrected chi connectivity index (χ2v) is 6.80. The number of nitriles is 1. The van der Waals surface area contributed by atoms with E-state index in [1.165, 1.54) is 0 Å². The van der Waals surface area contributed by atoms with E-state index in [1.807, 2.05) is 18.3 Å². The fraction of sp³-hybridized carbons (Fsp3) is 0.350. The molecule has 8 nitrogen and oxygen atoms in total. The number of fused-ring (bicyclic) bond motifs is 1. The number of carbonyl (C=O) groups is 1. The first-order valence-electron chi connectivity index (χ1n) is 9.05. The molecule has 146 valence electrons. The summed E-state index contributed by atoms with van der Waals surface area (Å²) < 4.78 is 7.61. The minimum atomic E-state index is 0.172. The van der Waals surface area contributed by atoms with Crippen molar-refractivity contribution in [1.82, 2.24) is 15.3 Å². The average Bonchev–Trinajstić information content (AvgIpc) is 3.35. The highest BCUT2D eigenvalue weighted by molar-refractivity contribution is 5.72. The molecule has 1 aromatic carbocycles. The fourth-order valence-electron chi connectivity index (χ4n) is 3.03. The van der Waals surface area contributed by atoms with Crippen LogP contribution >= 0.6 is 0 Å². The van der Waals surface area contributed by atoms with E-state index in [9.17, 15) is 10.1 Å². The van der Waals surface area contributed by atoms with Gasteiger partial charge >= 0.3 is 0 Å². The Hall–Kier alpha value is -3.31. The fourth-order valence-corrected chi connectivity index (χ4v) is 3.03. The van der Waals surface area contributed by atoms with Gasteiger partial charge in [-0.2, -0.15) is 10.4 Å². The van der Waals surface area contributed by atoms with Gasteiger partial charge in [-0.15, -0.1) is 0 Å². The largest absolute Gasteiger partial charge is 0.491 e. The van der Waals surface area contributed by atoms with Gasteiger partial charge in [0.1, 0.15) is 17.5 Å². The van der Waals surface area contributed by atoms with Crippen molar-refractivity contribution in [3.8, 4) is 17.5 Å². The summed E-state index contributed by atoms with van der Waals surface area (Å²) in [6.07, 6.45) is 3.03. The standard InChI is InChI=1S/C20H23N5O3/c1-13(2)17-4-6-25(24-17)19-8-18(22-10-14(3)11-28-23-12-26)16(9-21)15-5-7-27-20(15)19/h4,6,8,12-13,22H,3,5,7,10-11H2,1-2H3,(H,23,26). The normalized spacial score (nSPS) is 12.2. The lowest BCUT2D eigenvalue weighted by Crippen LogP contribution is -2.17. The SMILES string of the molecule is C=C(CNc1cc(-n2ccc(C(C)C)n2)c2c(c1C#N)CCO2)CONC=O. The second-order valence-electron chi connectivity index (χ2n) is 6.80. The summed E-state index contributed by atoms with van der Waals surface area (Å²) in [4.78, 5) is 15.2. The molecule has 8 heteroatoms. The number of aromatic nitrogens is 2. The van der Waals surface area contributed by atoms with Crippen LogP contribution in [0.25, 0.3) is 5.69 Å². The number of anilines is 1. The van der Waals surface area contributed by atoms with Crippen molar-refractivity contribution in [2.75, 3.05) is 25.1 Å². The molecule has 0 spiro atoms. The van der Waals surface area contributed by atoms with Crippen LogP contribution in [0, 0.1) is 11.3 Å². The first-order chi connectivity index (χ1) is 13.5. The molecule has 28 heavy (non-hydrogen) atoms. The number of ether oxygens (including phenoxy) is 1. The van der Waals surface area contributed by atoms with Crippen LogP contribution in [0.2, 0.25) is 0 Å². The zero-order valence-corrected chi connectivity index (χ0v) is 16.0. The van der Waals surface area contributed by atoms with E-state index < -0.39 is 0 Å². The summed E-state index contributed by atoms with van der Waals surface area (Å²) in [6, 6.07) is 6.14. The van der Waals surface area contributed by atoms with Gasteiger partial charge in [-0.1, -0.05) is 20.4 Å². The first kappa shape index (κ1) is 19.5. The molecule has 1 amide bonds. The third-order valence-electron chi connectivity index (χ3n) is 4.45. The molecule has 3 rings (SSSR count). The Bertz CT molecular complexity index is 927. The van der Waals surface area contributed by atoms with Crippen molar-refractivity contribution >= 4 is 12.1 Å². The summed E-state index contributed by atoms with van der Waals surface area (Å²) in [7, 11) is 0. The van der Waals surface area contributed by atoms with E-state index in [1.54, 1.807) is 4.68 Å². The molecule has 0 saturated heterocycles. The number of hydrogen-bond acceptors (Lipinski definition) is 6. The zero-order valence-electron chi connectivity index (χ0n) is 16.0. The Labute approximate surface area is 163 Å². The molecule has 2 N–H and O–H groups in total. The molecule has 1 aliphatic rings. The molecule has 2 aromatic rings. The van der Waals surface area contributed by atoms with Crippen LogP contribution < -0.4 is 15.5 Å². The average molecular weight is 381 g/mol. The van der Waals surface area contributed by atoms with Gasteiger partial charge in [0, 0.05) is 24.7 Å². The maximum Gasteiger partial charge on any atom is 0.230 e. The molecule has 2 heterocycles. The Kier molecular flexibility index (Phi) is 5.96. The van der Waals surface area contributed by atoms with Crippen LogP contribution in [-0.2, 0) is 16.1 Å². The van der Waals surface area contributed by atoms with E-state index in [-0.39, 0.29) is 6.61 Å². The van der Waals surface area contributed by atoms with E-state index in [0.29, 0.717) is 48.9 Å². The third kappa shape index (κ3) is 4.00. The van der Waals surface area contributed by atoms with Gasteiger partial charge < -0.3 is 10.1 Å². The highest BCUT2D eigenvalue weighted by Gasteiger charge is 2.25. The minimum Gasteiger partial charge on any atom is -0.491 e. The van der Waals surface area contributed by atoms with E-state index in [4.69, 9.17) is 9.57 Å². The number of rotatable bonds is 9. The third-order valence-corrected chi connectivity index (χ3v) is 4.45. The molecule has 0 bridgehead atoms. The molecule has 1 aliphatic heterocycles. The van der Waals surface area contributed by atoms with Crippen LogP contribution in [0.15, 0.2) is 30.5 Å². The predicted molar refractivity (Wildman–Crippen MR) is 104 cm³/mol. The quantitative estimate of drug-likeness (QED) is 0.299. The molecule has 1 aromatic heterocycles. The second kappa shape index (κ2) is 8.59. The summed E-state index contributed by atoms with van der Waals surface area (Å²) in [5, 5.41) is 17.6. The maximum atomic E-state index is 10.2. The summed E-state index contributed by atoms with van der Waals surface area (Å²) in [6.45, 7) is 9.19. The van der Waals surface area contributed by atoms with Crippen LogP contribution in [-0.4, -0.2) is 35.9 Å². The Morgan fingerprint density at radius 3 is 3.07 bits per heavy atom. The maximum absolute atomic E-state index is 10.2. The number of benzene rings is 1. The Morgan fingerprint density at radius 1 is 1.57 bits per heavy atom. The van der Waals surface area contributed by atoms with E-state index in [0.717, 1.165) is 22.5 Å². The lowest BCUT2D eigenvalue weighted by Gasteiger charge is -2.16. The summed E-state index contributed by atoms with van der Waals surface area (Å²) >= 11 is 0. The van der Waals surface area contributed by atoms with Crippen molar-refractivity contribution in [1.29, 1.82) is 5.26 Å². The van der Waals surface area contributed by atoms with Crippen LogP contribution in [0.5, 0.6) is 5.75 Å². The lowest BCUT2D eigenvalue weighted by molar-refractivity contribution is -0.119. The van der Waals surface area contributed by atoms with Crippen LogP contribution in [0.4, 0.5) is 5.69 Å². The number of hydroxylamine groups is 1. The molecular weight excluding hydrogens is 358 g/mol. The van der Waals surface area contributed by atoms with Gasteiger partial charge in [0.25, 0.3) is 0 Å². The van der Waals surface area contributed by atoms with E-state index in [2.05, 4.69) is 42.4 Å². The summed E-state index contributed by atoms with van der Waals surface area (Å²) in [5.41, 5.74) is 6.76. The van der Waals surface area contributed by atoms with Crippen molar-refractivity contribution in [3.05, 3.63) is 47.3 Å². The van der Waals surface area contributed by atoms with Crippen LogP contribution in [0.3, 0.4) is 0 Å². The first-order valence-corrected chi connectivity index (χ1v) is 9.05. The zero-order chi connectivity index (χ0) is 20.1. The molecule has 0 radical (unpaired) electrons. The van der Waals surface area contributed by atoms with Gasteiger partial charge in [0.15, 0.2) is 0 Å². The number of amides is 1. The molecule has 0 fully saturated rings. The van der Waals surface area contributed by atoms with Gasteiger partial charge in [0.05, 0.1) is 30.2 Å². The number of carbonyl (C=O) groups excluding carboxylic acids is 1. The minimum absolute atomic E-state index is 0.172. The molecule has 0 aliphatic carbocycles. The molecule has 0 atom stereocenters. The molecule has 0 unspecified atom stereocenters. The molecule has 0 saturated carbocycles. The number of hydrogen-bond donors (Lipinski definition) is 2. The van der Waals surface area contributed by atoms with Gasteiger partial charge in [-0.25, -0.2) is 10.2 Å². The van der Waals surface area contributed by atoms with Gasteiger partial charge in [-0.05, 0) is 23.6 Å². The summed E-state index contributed by atoms with van der Waals surface area (Å²) in [5.74, 6) is 1.02. The Morgan fingerprint density at radius 2 is 2.39 bits per heavy atom. The van der Waals surface area contributed by atoms with Crippen molar-refractivity contribution in [2.24, 2.45) is 0 Å². The van der Waals surface area contributed by atoms with Crippen molar-refractivity contribution in [3.63, 3.8) is 0 Å². The highest BCUT2D eigenvalue weighted by atomic mass is 16.6. The van der Waals surface area contributed by atoms with Crippen molar-refractivity contribution in [2.45, 2.75) is 26.2 Å². The smallest absolute Gasteiger partial charge is 0.230 e. The highest BCUT2D eigenvalue weighted by Crippen LogP contribution is 2.39. The van der Waals surface area contributed by atoms with Crippen molar-refractivity contribution < 1.29 is 14.4 Å². The molecular formula is C20H23N5O3. The van der Waals surface area contributed by atoms with Gasteiger partial charge in [0.2, 0.25) is 6.41 Å². The topological polar surface area (TPSA) is 101 Å². The lowest BCUT2D eigenvalue weighted by atomic mass is 10.0. The monoisotopic (exact) mass is 381 g/mol. The predicted octanol–water partition coefficient (Wildman–Crippen LogP) is 2.45. The van der Waals surface area contributed by atoms with Gasteiger partial charge in [-0.3, -0.25) is 9.63 Å². The number of nitrogens with one attached hydrogen (secondary N) is 2. The van der Waals surface area contributed by atoms with E-state index >= 15 is 0 Å². The Balaban J connectivity index is 1.90. The number of nitrogens with zero attached hydrogens (tertiary/aromatic N) is 3.